The zero-order chi connectivity index (χ0) is 14.8. The largest absolute Gasteiger partial charge is 0.382 e. The van der Waals surface area contributed by atoms with Crippen LogP contribution in [0.5, 0.6) is 0 Å². The Bertz CT molecular complexity index is 628. The quantitative estimate of drug-likeness (QED) is 0.910. The second-order valence-electron chi connectivity index (χ2n) is 5.27. The summed E-state index contributed by atoms with van der Waals surface area (Å²) in [7, 11) is -3.17. The summed E-state index contributed by atoms with van der Waals surface area (Å²) < 4.78 is 22.4. The van der Waals surface area contributed by atoms with Crippen LogP contribution < -0.4 is 5.32 Å². The number of aromatic nitrogens is 1. The maximum Gasteiger partial charge on any atom is 0.154 e. The molecule has 1 aromatic heterocycles. The normalized spacial score (nSPS) is 12.0. The highest BCUT2D eigenvalue weighted by molar-refractivity contribution is 7.92. The molecular formula is C13H19N3O2S. The minimum absolute atomic E-state index is 0.239. The Labute approximate surface area is 114 Å². The van der Waals surface area contributed by atoms with Crippen LogP contribution in [0, 0.1) is 25.2 Å². The second-order valence-corrected chi connectivity index (χ2v) is 7.92. The van der Waals surface area contributed by atoms with Gasteiger partial charge in [-0.25, -0.2) is 8.42 Å². The molecule has 0 aliphatic rings. The molecule has 1 aromatic rings. The van der Waals surface area contributed by atoms with Crippen LogP contribution in [-0.4, -0.2) is 30.9 Å². The molecule has 6 heteroatoms. The van der Waals surface area contributed by atoms with Crippen molar-refractivity contribution >= 4 is 15.5 Å². The van der Waals surface area contributed by atoms with Crippen LogP contribution in [0.3, 0.4) is 0 Å². The number of sulfone groups is 1. The predicted molar refractivity (Wildman–Crippen MR) is 75.8 cm³/mol. The number of rotatable bonds is 4. The summed E-state index contributed by atoms with van der Waals surface area (Å²) in [6.07, 6.45) is 1.21. The molecule has 19 heavy (non-hydrogen) atoms. The number of hydrogen-bond donors (Lipinski definition) is 1. The molecule has 0 saturated heterocycles. The van der Waals surface area contributed by atoms with E-state index in [-0.39, 0.29) is 6.54 Å². The molecule has 0 fully saturated rings. The number of aryl methyl sites for hydroxylation is 2. The van der Waals surface area contributed by atoms with Crippen molar-refractivity contribution in [2.75, 3.05) is 18.1 Å². The molecule has 0 bridgehead atoms. The lowest BCUT2D eigenvalue weighted by atomic mass is 10.1. The first-order valence-corrected chi connectivity index (χ1v) is 7.79. The Morgan fingerprint density at radius 2 is 2.00 bits per heavy atom. The van der Waals surface area contributed by atoms with Crippen molar-refractivity contribution in [2.24, 2.45) is 0 Å². The Morgan fingerprint density at radius 3 is 2.47 bits per heavy atom. The van der Waals surface area contributed by atoms with Crippen molar-refractivity contribution in [3.63, 3.8) is 0 Å². The monoisotopic (exact) mass is 281 g/mol. The van der Waals surface area contributed by atoms with E-state index < -0.39 is 14.6 Å². The Hall–Kier alpha value is -1.61. The van der Waals surface area contributed by atoms with Gasteiger partial charge in [0.05, 0.1) is 21.7 Å². The molecule has 0 atom stereocenters. The van der Waals surface area contributed by atoms with Gasteiger partial charge in [-0.3, -0.25) is 4.98 Å². The lowest BCUT2D eigenvalue weighted by Crippen LogP contribution is -2.38. The van der Waals surface area contributed by atoms with Gasteiger partial charge in [-0.1, -0.05) is 0 Å². The smallest absolute Gasteiger partial charge is 0.154 e. The molecule has 1 heterocycles. The Balaban J connectivity index is 3.06. The summed E-state index contributed by atoms with van der Waals surface area (Å²) in [6.45, 7) is 7.15. The Kier molecular flexibility index (Phi) is 4.21. The minimum Gasteiger partial charge on any atom is -0.382 e. The van der Waals surface area contributed by atoms with Crippen LogP contribution in [0.2, 0.25) is 0 Å². The van der Waals surface area contributed by atoms with E-state index >= 15 is 0 Å². The fourth-order valence-electron chi connectivity index (χ4n) is 1.55. The highest BCUT2D eigenvalue weighted by Gasteiger charge is 2.30. The van der Waals surface area contributed by atoms with Crippen LogP contribution in [0.15, 0.2) is 6.07 Å². The number of pyridine rings is 1. The zero-order valence-corrected chi connectivity index (χ0v) is 12.7. The molecule has 1 N–H and O–H groups in total. The van der Waals surface area contributed by atoms with Gasteiger partial charge >= 0.3 is 0 Å². The molecule has 0 aromatic carbocycles. The zero-order valence-electron chi connectivity index (χ0n) is 11.9. The number of nitrogens with one attached hydrogen (secondary N) is 1. The van der Waals surface area contributed by atoms with Gasteiger partial charge in [0.1, 0.15) is 6.07 Å². The third-order valence-electron chi connectivity index (χ3n) is 3.15. The van der Waals surface area contributed by atoms with E-state index in [1.165, 1.54) is 6.26 Å². The first-order valence-electron chi connectivity index (χ1n) is 5.90. The van der Waals surface area contributed by atoms with Crippen LogP contribution in [0.4, 0.5) is 5.69 Å². The standard InChI is InChI=1S/C13H19N3O2S/c1-9-6-12(11(7-14)10(2)16-9)15-8-13(3,4)19(5,17)18/h6H,8H2,1-5H3,(H,15,16). The van der Waals surface area contributed by atoms with Gasteiger partial charge in [0, 0.05) is 18.5 Å². The number of nitriles is 1. The first-order chi connectivity index (χ1) is 8.58. The fourth-order valence-corrected chi connectivity index (χ4v) is 1.88. The van der Waals surface area contributed by atoms with Crippen molar-refractivity contribution in [3.05, 3.63) is 23.0 Å². The van der Waals surface area contributed by atoms with E-state index in [0.29, 0.717) is 16.9 Å². The third-order valence-corrected chi connectivity index (χ3v) is 5.30. The summed E-state index contributed by atoms with van der Waals surface area (Å²) in [5, 5.41) is 12.2. The summed E-state index contributed by atoms with van der Waals surface area (Å²) in [6, 6.07) is 3.85. The lowest BCUT2D eigenvalue weighted by Gasteiger charge is -2.24. The second kappa shape index (κ2) is 5.17. The molecule has 5 nitrogen and oxygen atoms in total. The van der Waals surface area contributed by atoms with Crippen molar-refractivity contribution < 1.29 is 8.42 Å². The minimum atomic E-state index is -3.17. The SMILES string of the molecule is Cc1cc(NCC(C)(C)S(C)(=O)=O)c(C#N)c(C)n1. The van der Waals surface area contributed by atoms with E-state index in [1.807, 2.05) is 6.92 Å². The van der Waals surface area contributed by atoms with E-state index in [1.54, 1.807) is 26.8 Å². The lowest BCUT2D eigenvalue weighted by molar-refractivity contribution is 0.560. The maximum atomic E-state index is 11.6. The van der Waals surface area contributed by atoms with Gasteiger partial charge in [-0.15, -0.1) is 0 Å². The molecule has 104 valence electrons. The highest BCUT2D eigenvalue weighted by Crippen LogP contribution is 2.21. The molecule has 0 radical (unpaired) electrons. The predicted octanol–water partition coefficient (Wildman–Crippen LogP) is 1.81. The van der Waals surface area contributed by atoms with Gasteiger partial charge < -0.3 is 5.32 Å². The molecule has 0 aliphatic heterocycles. The average Bonchev–Trinajstić information content (AvgIpc) is 2.24. The summed E-state index contributed by atoms with van der Waals surface area (Å²) >= 11 is 0. The topological polar surface area (TPSA) is 82.9 Å². The molecule has 0 amide bonds. The van der Waals surface area contributed by atoms with Gasteiger partial charge in [0.15, 0.2) is 9.84 Å². The molecular weight excluding hydrogens is 262 g/mol. The van der Waals surface area contributed by atoms with E-state index in [2.05, 4.69) is 16.4 Å². The first kappa shape index (κ1) is 15.4. The van der Waals surface area contributed by atoms with Crippen molar-refractivity contribution in [2.45, 2.75) is 32.4 Å². The van der Waals surface area contributed by atoms with Crippen LogP contribution in [-0.2, 0) is 9.84 Å². The third kappa shape index (κ3) is 3.44. The molecule has 1 rings (SSSR count). The van der Waals surface area contributed by atoms with Crippen molar-refractivity contribution in [1.82, 2.24) is 4.98 Å². The molecule has 0 unspecified atom stereocenters. The van der Waals surface area contributed by atoms with E-state index in [0.717, 1.165) is 5.69 Å². The van der Waals surface area contributed by atoms with Crippen LogP contribution in [0.25, 0.3) is 0 Å². The van der Waals surface area contributed by atoms with Crippen LogP contribution >= 0.6 is 0 Å². The fraction of sp³-hybridized carbons (Fsp3) is 0.538. The molecule has 0 spiro atoms. The average molecular weight is 281 g/mol. The summed E-state index contributed by atoms with van der Waals surface area (Å²) in [4.78, 5) is 4.22. The van der Waals surface area contributed by atoms with Gasteiger partial charge in [-0.05, 0) is 33.8 Å². The number of hydrogen-bond acceptors (Lipinski definition) is 5. The van der Waals surface area contributed by atoms with Gasteiger partial charge in [0.2, 0.25) is 0 Å². The van der Waals surface area contributed by atoms with Crippen molar-refractivity contribution in [3.8, 4) is 6.07 Å². The van der Waals surface area contributed by atoms with Gasteiger partial charge in [-0.2, -0.15) is 5.26 Å². The summed E-state index contributed by atoms with van der Waals surface area (Å²) in [5.41, 5.74) is 2.51. The van der Waals surface area contributed by atoms with Crippen LogP contribution in [0.1, 0.15) is 30.8 Å². The Morgan fingerprint density at radius 1 is 1.42 bits per heavy atom. The number of nitrogens with zero attached hydrogens (tertiary/aromatic N) is 2. The maximum absolute atomic E-state index is 11.6. The molecule has 0 saturated carbocycles. The molecule has 0 aliphatic carbocycles. The van der Waals surface area contributed by atoms with Crippen molar-refractivity contribution in [1.29, 1.82) is 5.26 Å². The van der Waals surface area contributed by atoms with E-state index in [4.69, 9.17) is 5.26 Å². The summed E-state index contributed by atoms with van der Waals surface area (Å²) in [5.74, 6) is 0. The highest BCUT2D eigenvalue weighted by atomic mass is 32.2. The van der Waals surface area contributed by atoms with Gasteiger partial charge in [0.25, 0.3) is 0 Å². The van der Waals surface area contributed by atoms with E-state index in [9.17, 15) is 8.42 Å². The number of anilines is 1.